The number of aliphatic carboxylic acids is 1. The molecule has 0 bridgehead atoms. The highest BCUT2D eigenvalue weighted by Gasteiger charge is 2.43. The van der Waals surface area contributed by atoms with E-state index < -0.39 is 52.7 Å². The van der Waals surface area contributed by atoms with E-state index in [1.807, 2.05) is 0 Å². The second-order valence-electron chi connectivity index (χ2n) is 7.72. The van der Waals surface area contributed by atoms with Crippen LogP contribution in [0.1, 0.15) is 42.7 Å². The van der Waals surface area contributed by atoms with Crippen LogP contribution in [0.2, 0.25) is 5.02 Å². The van der Waals surface area contributed by atoms with Gasteiger partial charge in [-0.2, -0.15) is 26.3 Å². The summed E-state index contributed by atoms with van der Waals surface area (Å²) in [5, 5.41) is 8.64. The van der Waals surface area contributed by atoms with Crippen molar-refractivity contribution >= 4 is 17.6 Å². The first-order valence-corrected chi connectivity index (χ1v) is 10.2. The summed E-state index contributed by atoms with van der Waals surface area (Å²) >= 11 is 6.01. The Balaban J connectivity index is 2.25. The van der Waals surface area contributed by atoms with Crippen molar-refractivity contribution in [3.8, 4) is 16.9 Å². The van der Waals surface area contributed by atoms with Gasteiger partial charge >= 0.3 is 18.3 Å². The van der Waals surface area contributed by atoms with Crippen LogP contribution in [0.3, 0.4) is 0 Å². The molecule has 0 amide bonds. The minimum Gasteiger partial charge on any atom is -0.482 e. The van der Waals surface area contributed by atoms with Gasteiger partial charge in [0, 0.05) is 5.56 Å². The minimum absolute atomic E-state index is 0.0221. The van der Waals surface area contributed by atoms with E-state index >= 15 is 0 Å². The number of hydrogen-bond donors (Lipinski definition) is 1. The van der Waals surface area contributed by atoms with Gasteiger partial charge in [-0.3, -0.25) is 4.79 Å². The van der Waals surface area contributed by atoms with Crippen molar-refractivity contribution in [1.29, 1.82) is 0 Å². The highest BCUT2D eigenvalue weighted by molar-refractivity contribution is 6.33. The van der Waals surface area contributed by atoms with Crippen molar-refractivity contribution in [3.63, 3.8) is 0 Å². The maximum absolute atomic E-state index is 14.0. The first kappa shape index (κ1) is 24.2. The molecule has 0 aliphatic heterocycles. The van der Waals surface area contributed by atoms with Crippen LogP contribution in [-0.4, -0.2) is 23.9 Å². The Morgan fingerprint density at radius 3 is 2.22 bits per heavy atom. The van der Waals surface area contributed by atoms with Crippen molar-refractivity contribution in [2.24, 2.45) is 5.92 Å². The average molecular weight is 481 g/mol. The molecule has 1 N–H and O–H groups in total. The van der Waals surface area contributed by atoms with Crippen LogP contribution < -0.4 is 4.74 Å². The molecule has 0 heterocycles. The molecule has 1 aliphatic carbocycles. The molecule has 0 radical (unpaired) electrons. The van der Waals surface area contributed by atoms with Crippen LogP contribution in [0.25, 0.3) is 11.1 Å². The number of rotatable bonds is 7. The summed E-state index contributed by atoms with van der Waals surface area (Å²) in [5.41, 5.74) is -1.96. The molecule has 174 valence electrons. The number of hydrogen-bond acceptors (Lipinski definition) is 2. The molecule has 0 saturated heterocycles. The fraction of sp³-hybridized carbons (Fsp3) is 0.409. The zero-order chi connectivity index (χ0) is 23.7. The second kappa shape index (κ2) is 9.21. The predicted molar refractivity (Wildman–Crippen MR) is 106 cm³/mol. The number of benzene rings is 2. The molecule has 0 aromatic heterocycles. The molecule has 2 aromatic carbocycles. The van der Waals surface area contributed by atoms with Crippen molar-refractivity contribution in [1.82, 2.24) is 0 Å². The standard InChI is InChI=1S/C22H19ClF6O3/c23-18-17(22(27,28)29)15(16(20(30)31)9-12-5-4-6-12)10-14(13-7-2-1-3-8-13)19(18)32-11-21(24,25)26/h1-3,7-8,10,12,16H,4-6,9,11H2,(H,30,31)/t16-/m1/s1. The lowest BCUT2D eigenvalue weighted by molar-refractivity contribution is -0.153. The Hall–Kier alpha value is -2.42. The molecule has 0 unspecified atom stereocenters. The molecule has 32 heavy (non-hydrogen) atoms. The van der Waals surface area contributed by atoms with Crippen LogP contribution in [0, 0.1) is 5.92 Å². The van der Waals surface area contributed by atoms with E-state index in [1.54, 1.807) is 6.07 Å². The van der Waals surface area contributed by atoms with Crippen molar-refractivity contribution in [2.45, 2.75) is 44.0 Å². The van der Waals surface area contributed by atoms with Gasteiger partial charge in [0.1, 0.15) is 5.75 Å². The lowest BCUT2D eigenvalue weighted by Crippen LogP contribution is -2.24. The monoisotopic (exact) mass is 480 g/mol. The van der Waals surface area contributed by atoms with Crippen LogP contribution in [-0.2, 0) is 11.0 Å². The smallest absolute Gasteiger partial charge is 0.422 e. The molecule has 1 atom stereocenters. The molecule has 3 rings (SSSR count). The topological polar surface area (TPSA) is 46.5 Å². The lowest BCUT2D eigenvalue weighted by atomic mass is 9.76. The molecule has 1 saturated carbocycles. The third kappa shape index (κ3) is 5.49. The fourth-order valence-corrected chi connectivity index (χ4v) is 4.14. The van der Waals surface area contributed by atoms with Crippen molar-refractivity contribution < 1.29 is 41.0 Å². The van der Waals surface area contributed by atoms with Crippen LogP contribution in [0.5, 0.6) is 5.75 Å². The SMILES string of the molecule is O=C(O)[C@H](CC1CCC1)c1cc(-c2ccccc2)c(OCC(F)(F)F)c(Cl)c1C(F)(F)F. The molecular formula is C22H19ClF6O3. The highest BCUT2D eigenvalue weighted by Crippen LogP contribution is 2.50. The Labute approximate surface area is 184 Å². The van der Waals surface area contributed by atoms with E-state index in [0.717, 1.165) is 12.5 Å². The number of halogens is 7. The highest BCUT2D eigenvalue weighted by atomic mass is 35.5. The minimum atomic E-state index is -5.11. The van der Waals surface area contributed by atoms with Gasteiger partial charge < -0.3 is 9.84 Å². The number of carbonyl (C=O) groups is 1. The van der Waals surface area contributed by atoms with Gasteiger partial charge in [-0.05, 0) is 29.5 Å². The summed E-state index contributed by atoms with van der Waals surface area (Å²) < 4.78 is 85.1. The van der Waals surface area contributed by atoms with Gasteiger partial charge in [0.2, 0.25) is 0 Å². The quantitative estimate of drug-likeness (QED) is 0.422. The third-order valence-electron chi connectivity index (χ3n) is 5.47. The number of ether oxygens (including phenoxy) is 1. The summed E-state index contributed by atoms with van der Waals surface area (Å²) in [6.45, 7) is -1.85. The van der Waals surface area contributed by atoms with E-state index in [2.05, 4.69) is 0 Å². The van der Waals surface area contributed by atoms with E-state index in [-0.39, 0.29) is 23.5 Å². The van der Waals surface area contributed by atoms with E-state index in [1.165, 1.54) is 24.3 Å². The second-order valence-corrected chi connectivity index (χ2v) is 8.10. The van der Waals surface area contributed by atoms with Crippen LogP contribution in [0.4, 0.5) is 26.3 Å². The van der Waals surface area contributed by atoms with E-state index in [4.69, 9.17) is 16.3 Å². The van der Waals surface area contributed by atoms with Gasteiger partial charge in [0.05, 0.1) is 16.5 Å². The Bertz CT molecular complexity index is 968. The maximum atomic E-state index is 14.0. The summed E-state index contributed by atoms with van der Waals surface area (Å²) in [7, 11) is 0. The Kier molecular flexibility index (Phi) is 6.97. The first-order chi connectivity index (χ1) is 14.9. The number of alkyl halides is 6. The molecule has 3 nitrogen and oxygen atoms in total. The molecule has 2 aromatic rings. The van der Waals surface area contributed by atoms with Gasteiger partial charge in [-0.25, -0.2) is 0 Å². The normalized spacial score (nSPS) is 15.8. The van der Waals surface area contributed by atoms with Gasteiger partial charge in [-0.15, -0.1) is 0 Å². The number of carboxylic acids is 1. The summed E-state index contributed by atoms with van der Waals surface area (Å²) in [6.07, 6.45) is -7.67. The predicted octanol–water partition coefficient (Wildman–Crippen LogP) is 7.33. The summed E-state index contributed by atoms with van der Waals surface area (Å²) in [5.74, 6) is -3.81. The number of carboxylic acid groups (broad SMARTS) is 1. The molecule has 0 spiro atoms. The van der Waals surface area contributed by atoms with Crippen molar-refractivity contribution in [3.05, 3.63) is 52.5 Å². The zero-order valence-corrected chi connectivity index (χ0v) is 17.3. The maximum Gasteiger partial charge on any atom is 0.422 e. The van der Waals surface area contributed by atoms with Gasteiger partial charge in [0.15, 0.2) is 6.61 Å². The largest absolute Gasteiger partial charge is 0.482 e. The fourth-order valence-electron chi connectivity index (χ4n) is 3.76. The molecule has 1 fully saturated rings. The Morgan fingerprint density at radius 1 is 1.12 bits per heavy atom. The van der Waals surface area contributed by atoms with E-state index in [9.17, 15) is 36.2 Å². The van der Waals surface area contributed by atoms with Gasteiger partial charge in [0.25, 0.3) is 0 Å². The van der Waals surface area contributed by atoms with Gasteiger partial charge in [-0.1, -0.05) is 61.2 Å². The Morgan fingerprint density at radius 2 is 1.75 bits per heavy atom. The first-order valence-electron chi connectivity index (χ1n) is 9.80. The van der Waals surface area contributed by atoms with Crippen LogP contribution >= 0.6 is 11.6 Å². The van der Waals surface area contributed by atoms with Crippen LogP contribution in [0.15, 0.2) is 36.4 Å². The molecule has 10 heteroatoms. The average Bonchev–Trinajstić information content (AvgIpc) is 2.64. The molecule has 1 aliphatic rings. The lowest BCUT2D eigenvalue weighted by Gasteiger charge is -2.30. The van der Waals surface area contributed by atoms with Crippen molar-refractivity contribution in [2.75, 3.05) is 6.61 Å². The third-order valence-corrected chi connectivity index (χ3v) is 5.83. The summed E-state index contributed by atoms with van der Waals surface area (Å²) in [4.78, 5) is 12.0. The van der Waals surface area contributed by atoms with E-state index in [0.29, 0.717) is 12.8 Å². The summed E-state index contributed by atoms with van der Waals surface area (Å²) in [6, 6.07) is 8.57. The zero-order valence-electron chi connectivity index (χ0n) is 16.6. The molecular weight excluding hydrogens is 462 g/mol.